The highest BCUT2D eigenvalue weighted by molar-refractivity contribution is 7.09. The largest absolute Gasteiger partial charge is 0.294 e. The lowest BCUT2D eigenvalue weighted by molar-refractivity contribution is 0.0929. The summed E-state index contributed by atoms with van der Waals surface area (Å²) in [5.41, 5.74) is 1.80. The van der Waals surface area contributed by atoms with Gasteiger partial charge in [-0.25, -0.2) is 4.98 Å². The van der Waals surface area contributed by atoms with E-state index in [1.54, 1.807) is 11.3 Å². The molecule has 0 aliphatic carbocycles. The van der Waals surface area contributed by atoms with E-state index in [-0.39, 0.29) is 11.7 Å². The van der Waals surface area contributed by atoms with Crippen molar-refractivity contribution in [3.8, 4) is 0 Å². The molecule has 1 atom stereocenters. The van der Waals surface area contributed by atoms with Crippen LogP contribution in [0.5, 0.6) is 0 Å². The summed E-state index contributed by atoms with van der Waals surface area (Å²) in [7, 11) is 0. The molecule has 0 saturated carbocycles. The van der Waals surface area contributed by atoms with Crippen molar-refractivity contribution >= 4 is 17.1 Å². The molecule has 1 aromatic heterocycles. The first kappa shape index (κ1) is 12.0. The quantitative estimate of drug-likeness (QED) is 0.771. The van der Waals surface area contributed by atoms with Crippen molar-refractivity contribution in [3.63, 3.8) is 0 Å². The van der Waals surface area contributed by atoms with Crippen LogP contribution in [0.25, 0.3) is 0 Å². The lowest BCUT2D eigenvalue weighted by atomic mass is 9.95. The monoisotopic (exact) mass is 245 g/mol. The van der Waals surface area contributed by atoms with Gasteiger partial charge in [0, 0.05) is 23.3 Å². The summed E-state index contributed by atoms with van der Waals surface area (Å²) in [5, 5.41) is 3.09. The van der Waals surface area contributed by atoms with Crippen LogP contribution in [-0.4, -0.2) is 10.8 Å². The van der Waals surface area contributed by atoms with Crippen LogP contribution >= 0.6 is 11.3 Å². The number of carbonyl (C=O) groups is 1. The average molecular weight is 245 g/mol. The van der Waals surface area contributed by atoms with Crippen molar-refractivity contribution in [1.29, 1.82) is 0 Å². The van der Waals surface area contributed by atoms with Gasteiger partial charge in [0.1, 0.15) is 0 Å². The number of Topliss-reactive ketones (excluding diaryl/α,β-unsaturated/α-hetero) is 1. The second kappa shape index (κ2) is 5.23. The Hall–Kier alpha value is -1.48. The molecule has 1 aromatic carbocycles. The standard InChI is InChI=1S/C14H15NOS/c1-10(8-13-9-17-11(2)15-13)14(16)12-6-4-3-5-7-12/h3-7,9-10H,8H2,1-2H3. The first-order chi connectivity index (χ1) is 8.16. The molecule has 17 heavy (non-hydrogen) atoms. The maximum Gasteiger partial charge on any atom is 0.166 e. The van der Waals surface area contributed by atoms with Gasteiger partial charge in [-0.3, -0.25) is 4.79 Å². The highest BCUT2D eigenvalue weighted by Gasteiger charge is 2.16. The normalized spacial score (nSPS) is 12.4. The van der Waals surface area contributed by atoms with Gasteiger partial charge in [-0.2, -0.15) is 0 Å². The first-order valence-electron chi connectivity index (χ1n) is 5.67. The fourth-order valence-electron chi connectivity index (χ4n) is 1.80. The molecule has 0 N–H and O–H groups in total. The lowest BCUT2D eigenvalue weighted by Crippen LogP contribution is -2.14. The van der Waals surface area contributed by atoms with Gasteiger partial charge in [-0.1, -0.05) is 37.3 Å². The molecule has 2 nitrogen and oxygen atoms in total. The fraction of sp³-hybridized carbons (Fsp3) is 0.286. The molecule has 0 fully saturated rings. The smallest absolute Gasteiger partial charge is 0.166 e. The third-order valence-corrected chi connectivity index (χ3v) is 3.51. The topological polar surface area (TPSA) is 30.0 Å². The maximum atomic E-state index is 12.1. The Morgan fingerprint density at radius 1 is 1.35 bits per heavy atom. The Labute approximate surface area is 105 Å². The SMILES string of the molecule is Cc1nc(CC(C)C(=O)c2ccccc2)cs1. The van der Waals surface area contributed by atoms with Gasteiger partial charge in [0.25, 0.3) is 0 Å². The Morgan fingerprint density at radius 3 is 2.65 bits per heavy atom. The molecule has 1 unspecified atom stereocenters. The van der Waals surface area contributed by atoms with E-state index in [1.165, 1.54) is 0 Å². The number of rotatable bonds is 4. The molecule has 0 amide bonds. The number of ketones is 1. The third kappa shape index (κ3) is 3.01. The van der Waals surface area contributed by atoms with Crippen LogP contribution in [0.4, 0.5) is 0 Å². The van der Waals surface area contributed by atoms with Crippen LogP contribution in [0.1, 0.15) is 28.0 Å². The van der Waals surface area contributed by atoms with Gasteiger partial charge in [-0.05, 0) is 6.92 Å². The zero-order valence-electron chi connectivity index (χ0n) is 10.0. The lowest BCUT2D eigenvalue weighted by Gasteiger charge is -2.08. The summed E-state index contributed by atoms with van der Waals surface area (Å²) in [4.78, 5) is 16.5. The van der Waals surface area contributed by atoms with Gasteiger partial charge in [0.15, 0.2) is 5.78 Å². The van der Waals surface area contributed by atoms with Gasteiger partial charge in [0.2, 0.25) is 0 Å². The third-order valence-electron chi connectivity index (χ3n) is 2.69. The number of benzene rings is 1. The van der Waals surface area contributed by atoms with Crippen LogP contribution in [0.2, 0.25) is 0 Å². The summed E-state index contributed by atoms with van der Waals surface area (Å²) in [6.45, 7) is 3.95. The highest BCUT2D eigenvalue weighted by atomic mass is 32.1. The molecule has 2 rings (SSSR count). The first-order valence-corrected chi connectivity index (χ1v) is 6.55. The Bertz CT molecular complexity index is 504. The number of hydrogen-bond donors (Lipinski definition) is 0. The molecule has 0 aliphatic heterocycles. The zero-order chi connectivity index (χ0) is 12.3. The van der Waals surface area contributed by atoms with Crippen LogP contribution in [0, 0.1) is 12.8 Å². The van der Waals surface area contributed by atoms with Crippen LogP contribution in [-0.2, 0) is 6.42 Å². The number of hydrogen-bond acceptors (Lipinski definition) is 3. The number of aromatic nitrogens is 1. The molecule has 0 saturated heterocycles. The second-order valence-electron chi connectivity index (χ2n) is 4.19. The van der Waals surface area contributed by atoms with Crippen molar-refractivity contribution in [3.05, 3.63) is 52.0 Å². The van der Waals surface area contributed by atoms with Crippen LogP contribution < -0.4 is 0 Å². The summed E-state index contributed by atoms with van der Waals surface area (Å²) in [6, 6.07) is 9.45. The van der Waals surface area contributed by atoms with E-state index in [0.717, 1.165) is 22.7 Å². The average Bonchev–Trinajstić information content (AvgIpc) is 2.75. The van der Waals surface area contributed by atoms with E-state index in [4.69, 9.17) is 0 Å². The second-order valence-corrected chi connectivity index (χ2v) is 5.26. The maximum absolute atomic E-state index is 12.1. The Morgan fingerprint density at radius 2 is 2.06 bits per heavy atom. The van der Waals surface area contributed by atoms with E-state index in [0.29, 0.717) is 0 Å². The van der Waals surface area contributed by atoms with E-state index in [1.807, 2.05) is 49.6 Å². The minimum absolute atomic E-state index is 0.0149. The molecular formula is C14H15NOS. The molecule has 0 bridgehead atoms. The molecule has 2 aromatic rings. The number of carbonyl (C=O) groups excluding carboxylic acids is 1. The Balaban J connectivity index is 2.06. The molecule has 0 aliphatic rings. The predicted molar refractivity (Wildman–Crippen MR) is 70.5 cm³/mol. The van der Waals surface area contributed by atoms with E-state index in [9.17, 15) is 4.79 Å². The molecule has 88 valence electrons. The van der Waals surface area contributed by atoms with E-state index in [2.05, 4.69) is 4.98 Å². The van der Waals surface area contributed by atoms with E-state index < -0.39 is 0 Å². The minimum atomic E-state index is -0.0149. The number of aryl methyl sites for hydroxylation is 1. The van der Waals surface area contributed by atoms with Crippen molar-refractivity contribution in [1.82, 2.24) is 4.98 Å². The number of thiazole rings is 1. The summed E-state index contributed by atoms with van der Waals surface area (Å²) >= 11 is 1.63. The Kier molecular flexibility index (Phi) is 3.69. The zero-order valence-corrected chi connectivity index (χ0v) is 10.8. The molecule has 0 radical (unpaired) electrons. The van der Waals surface area contributed by atoms with Gasteiger partial charge >= 0.3 is 0 Å². The van der Waals surface area contributed by atoms with Gasteiger partial charge in [-0.15, -0.1) is 11.3 Å². The summed E-state index contributed by atoms with van der Waals surface area (Å²) < 4.78 is 0. The van der Waals surface area contributed by atoms with Crippen LogP contribution in [0.3, 0.4) is 0 Å². The summed E-state index contributed by atoms with van der Waals surface area (Å²) in [6.07, 6.45) is 0.720. The summed E-state index contributed by atoms with van der Waals surface area (Å²) in [5.74, 6) is 0.176. The molecular weight excluding hydrogens is 230 g/mol. The molecule has 0 spiro atoms. The van der Waals surface area contributed by atoms with Crippen molar-refractivity contribution < 1.29 is 4.79 Å². The fourth-order valence-corrected chi connectivity index (χ4v) is 2.42. The van der Waals surface area contributed by atoms with Gasteiger partial charge in [0.05, 0.1) is 10.7 Å². The van der Waals surface area contributed by atoms with Crippen molar-refractivity contribution in [2.45, 2.75) is 20.3 Å². The minimum Gasteiger partial charge on any atom is -0.294 e. The van der Waals surface area contributed by atoms with Crippen LogP contribution in [0.15, 0.2) is 35.7 Å². The molecule has 3 heteroatoms. The number of nitrogens with zero attached hydrogens (tertiary/aromatic N) is 1. The van der Waals surface area contributed by atoms with Crippen molar-refractivity contribution in [2.75, 3.05) is 0 Å². The highest BCUT2D eigenvalue weighted by Crippen LogP contribution is 2.16. The van der Waals surface area contributed by atoms with Gasteiger partial charge < -0.3 is 0 Å². The van der Waals surface area contributed by atoms with Crippen molar-refractivity contribution in [2.24, 2.45) is 5.92 Å². The molecule has 1 heterocycles. The predicted octanol–water partition coefficient (Wildman–Crippen LogP) is 3.51. The van der Waals surface area contributed by atoms with E-state index >= 15 is 0 Å².